The summed E-state index contributed by atoms with van der Waals surface area (Å²) in [5.41, 5.74) is 0.206. The molecule has 0 bridgehead atoms. The Labute approximate surface area is 141 Å². The van der Waals surface area contributed by atoms with E-state index >= 15 is 0 Å². The molecule has 0 aromatic heterocycles. The summed E-state index contributed by atoms with van der Waals surface area (Å²) in [6.45, 7) is 5.29. The highest BCUT2D eigenvalue weighted by Crippen LogP contribution is 2.32. The van der Waals surface area contributed by atoms with E-state index in [0.29, 0.717) is 5.75 Å². The molecule has 0 unspecified atom stereocenters. The Hall–Kier alpha value is -2.76. The van der Waals surface area contributed by atoms with Gasteiger partial charge in [-0.25, -0.2) is 0 Å². The van der Waals surface area contributed by atoms with E-state index in [1.807, 2.05) is 24.3 Å². The number of benzene rings is 1. The van der Waals surface area contributed by atoms with Gasteiger partial charge in [-0.1, -0.05) is 24.3 Å². The van der Waals surface area contributed by atoms with E-state index in [2.05, 4.69) is 5.32 Å². The monoisotopic (exact) mass is 331 g/mol. The number of allylic oxidation sites excluding steroid dienone is 2. The van der Waals surface area contributed by atoms with E-state index in [0.717, 1.165) is 11.3 Å². The minimum Gasteiger partial charge on any atom is -0.458 e. The molecule has 1 aromatic rings. The van der Waals surface area contributed by atoms with Crippen LogP contribution in [0.3, 0.4) is 0 Å². The van der Waals surface area contributed by atoms with Crippen molar-refractivity contribution in [2.45, 2.75) is 26.4 Å². The predicted molar refractivity (Wildman–Crippen MR) is 89.6 cm³/mol. The summed E-state index contributed by atoms with van der Waals surface area (Å²) in [7, 11) is 0. The molecule has 1 aliphatic heterocycles. The maximum atomic E-state index is 11.7. The fraction of sp³-hybridized carbons (Fsp3) is 0.333. The van der Waals surface area contributed by atoms with Gasteiger partial charge in [-0.05, 0) is 31.5 Å². The van der Waals surface area contributed by atoms with Crippen LogP contribution >= 0.6 is 0 Å². The second-order valence-corrected chi connectivity index (χ2v) is 5.90. The fourth-order valence-corrected chi connectivity index (χ4v) is 2.11. The maximum absolute atomic E-state index is 11.7. The SMILES string of the molecule is CC(=O)OC(C)(C)CNC(=O)/C=C\C=C/c1ccc2c(c1)OCO2. The number of esters is 1. The third-order valence-electron chi connectivity index (χ3n) is 3.15. The van der Waals surface area contributed by atoms with E-state index in [9.17, 15) is 9.59 Å². The van der Waals surface area contributed by atoms with Crippen molar-refractivity contribution in [1.29, 1.82) is 0 Å². The molecule has 0 fully saturated rings. The fourth-order valence-electron chi connectivity index (χ4n) is 2.11. The molecule has 1 amide bonds. The van der Waals surface area contributed by atoms with E-state index in [1.165, 1.54) is 13.0 Å². The smallest absolute Gasteiger partial charge is 0.303 e. The first-order valence-electron chi connectivity index (χ1n) is 7.57. The molecule has 0 atom stereocenters. The molecule has 128 valence electrons. The van der Waals surface area contributed by atoms with E-state index in [1.54, 1.807) is 26.0 Å². The molecule has 0 aliphatic carbocycles. The number of hydrogen-bond donors (Lipinski definition) is 1. The van der Waals surface area contributed by atoms with Crippen LogP contribution in [0.25, 0.3) is 6.08 Å². The first-order chi connectivity index (χ1) is 11.4. The Balaban J connectivity index is 1.80. The lowest BCUT2D eigenvalue weighted by molar-refractivity contribution is -0.153. The van der Waals surface area contributed by atoms with Gasteiger partial charge in [-0.3, -0.25) is 9.59 Å². The van der Waals surface area contributed by atoms with Gasteiger partial charge in [-0.2, -0.15) is 0 Å². The number of hydrogen-bond acceptors (Lipinski definition) is 5. The Kier molecular flexibility index (Phi) is 5.63. The lowest BCUT2D eigenvalue weighted by atomic mass is 10.1. The summed E-state index contributed by atoms with van der Waals surface area (Å²) < 4.78 is 15.6. The van der Waals surface area contributed by atoms with Gasteiger partial charge in [-0.15, -0.1) is 0 Å². The van der Waals surface area contributed by atoms with Crippen molar-refractivity contribution in [2.75, 3.05) is 13.3 Å². The number of fused-ring (bicyclic) bond motifs is 1. The summed E-state index contributed by atoms with van der Waals surface area (Å²) in [6, 6.07) is 5.61. The summed E-state index contributed by atoms with van der Waals surface area (Å²) in [4.78, 5) is 22.7. The van der Waals surface area contributed by atoms with Gasteiger partial charge in [0.05, 0.1) is 6.54 Å². The van der Waals surface area contributed by atoms with Crippen LogP contribution in [-0.4, -0.2) is 30.8 Å². The first kappa shape index (κ1) is 17.6. The number of ether oxygens (including phenoxy) is 3. The average Bonchev–Trinajstić information content (AvgIpc) is 2.96. The molecule has 1 heterocycles. The van der Waals surface area contributed by atoms with Gasteiger partial charge in [0.2, 0.25) is 12.7 Å². The Morgan fingerprint density at radius 3 is 2.75 bits per heavy atom. The molecular weight excluding hydrogens is 310 g/mol. The molecular formula is C18H21NO5. The number of carbonyl (C=O) groups excluding carboxylic acids is 2. The van der Waals surface area contributed by atoms with Crippen LogP contribution in [0, 0.1) is 0 Å². The molecule has 0 saturated heterocycles. The van der Waals surface area contributed by atoms with E-state index in [4.69, 9.17) is 14.2 Å². The van der Waals surface area contributed by atoms with Gasteiger partial charge in [0, 0.05) is 13.0 Å². The standard InChI is InChI=1S/C18H21NO5/c1-13(20)24-18(2,3)11-19-17(21)7-5-4-6-14-8-9-15-16(10-14)23-12-22-15/h4-10H,11-12H2,1-3H3,(H,19,21)/b6-4-,7-5-. The molecule has 24 heavy (non-hydrogen) atoms. The zero-order valence-corrected chi connectivity index (χ0v) is 14.0. The molecule has 1 aliphatic rings. The number of nitrogens with one attached hydrogen (secondary N) is 1. The molecule has 0 radical (unpaired) electrons. The zero-order valence-electron chi connectivity index (χ0n) is 14.0. The van der Waals surface area contributed by atoms with Gasteiger partial charge in [0.15, 0.2) is 11.5 Å². The third-order valence-corrected chi connectivity index (χ3v) is 3.15. The molecule has 6 nitrogen and oxygen atoms in total. The van der Waals surface area contributed by atoms with Crippen LogP contribution in [-0.2, 0) is 14.3 Å². The van der Waals surface area contributed by atoms with Crippen LogP contribution in [0.5, 0.6) is 11.5 Å². The third kappa shape index (κ3) is 5.46. The zero-order chi connectivity index (χ0) is 17.6. The molecule has 0 saturated carbocycles. The van der Waals surface area contributed by atoms with Crippen molar-refractivity contribution in [1.82, 2.24) is 5.32 Å². The summed E-state index contributed by atoms with van der Waals surface area (Å²) in [5.74, 6) is 0.811. The Morgan fingerprint density at radius 1 is 1.25 bits per heavy atom. The lowest BCUT2D eigenvalue weighted by Gasteiger charge is -2.24. The maximum Gasteiger partial charge on any atom is 0.303 e. The molecule has 1 aromatic carbocycles. The van der Waals surface area contributed by atoms with Crippen molar-refractivity contribution in [3.63, 3.8) is 0 Å². The Morgan fingerprint density at radius 2 is 2.00 bits per heavy atom. The van der Waals surface area contributed by atoms with Crippen LogP contribution in [0.15, 0.2) is 36.4 Å². The minimum absolute atomic E-state index is 0.238. The van der Waals surface area contributed by atoms with Crippen molar-refractivity contribution < 1.29 is 23.8 Å². The predicted octanol–water partition coefficient (Wildman–Crippen LogP) is 2.44. The molecule has 2 rings (SSSR count). The van der Waals surface area contributed by atoms with E-state index < -0.39 is 5.60 Å². The normalized spacial score (nSPS) is 13.5. The van der Waals surface area contributed by atoms with Crippen molar-refractivity contribution in [3.8, 4) is 11.5 Å². The van der Waals surface area contributed by atoms with Crippen molar-refractivity contribution in [2.24, 2.45) is 0 Å². The lowest BCUT2D eigenvalue weighted by Crippen LogP contribution is -2.40. The van der Waals surface area contributed by atoms with E-state index in [-0.39, 0.29) is 25.2 Å². The van der Waals surface area contributed by atoms with Crippen LogP contribution < -0.4 is 14.8 Å². The summed E-state index contributed by atoms with van der Waals surface area (Å²) in [5, 5.41) is 2.69. The van der Waals surface area contributed by atoms with Gasteiger partial charge >= 0.3 is 5.97 Å². The van der Waals surface area contributed by atoms with Gasteiger partial charge in [0.1, 0.15) is 5.60 Å². The average molecular weight is 331 g/mol. The molecule has 1 N–H and O–H groups in total. The summed E-state index contributed by atoms with van der Waals surface area (Å²) in [6.07, 6.45) is 6.66. The largest absolute Gasteiger partial charge is 0.458 e. The van der Waals surface area contributed by atoms with Crippen LogP contribution in [0.1, 0.15) is 26.3 Å². The van der Waals surface area contributed by atoms with Crippen molar-refractivity contribution in [3.05, 3.63) is 42.0 Å². The number of carbonyl (C=O) groups is 2. The highest BCUT2D eigenvalue weighted by Gasteiger charge is 2.21. The first-order valence-corrected chi connectivity index (χ1v) is 7.57. The molecule has 6 heteroatoms. The van der Waals surface area contributed by atoms with Crippen LogP contribution in [0.2, 0.25) is 0 Å². The second-order valence-electron chi connectivity index (χ2n) is 5.90. The highest BCUT2D eigenvalue weighted by atomic mass is 16.7. The number of amides is 1. The second kappa shape index (κ2) is 7.68. The summed E-state index contributed by atoms with van der Waals surface area (Å²) >= 11 is 0. The van der Waals surface area contributed by atoms with Crippen molar-refractivity contribution >= 4 is 18.0 Å². The number of rotatable bonds is 6. The van der Waals surface area contributed by atoms with Crippen LogP contribution in [0.4, 0.5) is 0 Å². The highest BCUT2D eigenvalue weighted by molar-refractivity contribution is 5.88. The van der Waals surface area contributed by atoms with Gasteiger partial charge < -0.3 is 19.5 Å². The topological polar surface area (TPSA) is 73.9 Å². The Bertz CT molecular complexity index is 676. The molecule has 0 spiro atoms. The quantitative estimate of drug-likeness (QED) is 0.492. The minimum atomic E-state index is -0.738. The van der Waals surface area contributed by atoms with Gasteiger partial charge in [0.25, 0.3) is 0 Å².